The lowest BCUT2D eigenvalue weighted by Crippen LogP contribution is -2.30. The van der Waals surface area contributed by atoms with Crippen molar-refractivity contribution in [3.8, 4) is 0 Å². The molecule has 0 saturated heterocycles. The molecule has 0 aliphatic heterocycles. The molecule has 1 amide bonds. The van der Waals surface area contributed by atoms with E-state index in [0.717, 1.165) is 14.8 Å². The second-order valence-electron chi connectivity index (χ2n) is 4.07. The van der Waals surface area contributed by atoms with Crippen LogP contribution in [-0.4, -0.2) is 13.0 Å². The third kappa shape index (κ3) is 3.13. The van der Waals surface area contributed by atoms with Crippen LogP contribution >= 0.6 is 22.6 Å². The van der Waals surface area contributed by atoms with Gasteiger partial charge in [-0.05, 0) is 65.4 Å². The Balaban J connectivity index is 2.35. The maximum Gasteiger partial charge on any atom is 0.282 e. The highest BCUT2D eigenvalue weighted by Gasteiger charge is 2.19. The van der Waals surface area contributed by atoms with E-state index in [1.54, 1.807) is 6.07 Å². The molecule has 0 spiro atoms. The Morgan fingerprint density at radius 2 is 1.74 bits per heavy atom. The van der Waals surface area contributed by atoms with Crippen LogP contribution in [0.3, 0.4) is 0 Å². The molecule has 0 saturated carbocycles. The Morgan fingerprint density at radius 1 is 1.11 bits per heavy atom. The minimum absolute atomic E-state index is 0.165. The van der Waals surface area contributed by atoms with Gasteiger partial charge in [0.2, 0.25) is 0 Å². The number of halogens is 1. The van der Waals surface area contributed by atoms with Gasteiger partial charge in [0.25, 0.3) is 5.91 Å². The van der Waals surface area contributed by atoms with Crippen LogP contribution in [0.25, 0.3) is 0 Å². The van der Waals surface area contributed by atoms with Crippen molar-refractivity contribution in [3.05, 3.63) is 63.2 Å². The van der Waals surface area contributed by atoms with Crippen LogP contribution in [-0.2, 0) is 4.84 Å². The quantitative estimate of drug-likeness (QED) is 0.610. The summed E-state index contributed by atoms with van der Waals surface area (Å²) >= 11 is 2.22. The first-order valence-corrected chi connectivity index (χ1v) is 6.91. The Hall–Kier alpha value is -1.40. The molecule has 19 heavy (non-hydrogen) atoms. The van der Waals surface area contributed by atoms with Crippen LogP contribution in [0, 0.1) is 10.5 Å². The first-order valence-electron chi connectivity index (χ1n) is 5.83. The molecule has 0 aliphatic carbocycles. The predicted molar refractivity (Wildman–Crippen MR) is 84.2 cm³/mol. The fraction of sp³-hybridized carbons (Fsp3) is 0.133. The molecule has 0 bridgehead atoms. The SMILES string of the molecule is CON(C(=O)c1ccccc1C)c1ccc(I)cc1. The summed E-state index contributed by atoms with van der Waals surface area (Å²) in [5.74, 6) is -0.165. The van der Waals surface area contributed by atoms with Crippen molar-refractivity contribution >= 4 is 34.2 Å². The molecule has 0 atom stereocenters. The summed E-state index contributed by atoms with van der Waals surface area (Å²) in [5, 5.41) is 1.30. The number of hydrogen-bond donors (Lipinski definition) is 0. The number of hydroxylamine groups is 1. The molecule has 0 N–H and O–H groups in total. The van der Waals surface area contributed by atoms with Gasteiger partial charge in [0.15, 0.2) is 0 Å². The number of nitrogens with zero attached hydrogens (tertiary/aromatic N) is 1. The number of aryl methyl sites for hydroxylation is 1. The zero-order valence-electron chi connectivity index (χ0n) is 10.8. The molecule has 0 radical (unpaired) electrons. The van der Waals surface area contributed by atoms with Gasteiger partial charge in [0.05, 0.1) is 12.8 Å². The van der Waals surface area contributed by atoms with E-state index in [1.807, 2.05) is 49.4 Å². The minimum Gasteiger partial charge on any atom is -0.269 e. The van der Waals surface area contributed by atoms with Crippen molar-refractivity contribution in [3.63, 3.8) is 0 Å². The zero-order chi connectivity index (χ0) is 13.8. The molecule has 2 aromatic rings. The molecule has 4 heteroatoms. The standard InChI is InChI=1S/C15H14INO2/c1-11-5-3-4-6-14(11)15(18)17(19-2)13-9-7-12(16)8-10-13/h3-10H,1-2H3. The molecule has 3 nitrogen and oxygen atoms in total. The Kier molecular flexibility index (Phi) is 4.55. The lowest BCUT2D eigenvalue weighted by Gasteiger charge is -2.20. The van der Waals surface area contributed by atoms with Gasteiger partial charge in [-0.2, -0.15) is 5.06 Å². The molecule has 98 valence electrons. The van der Waals surface area contributed by atoms with E-state index in [0.29, 0.717) is 5.56 Å². The maximum atomic E-state index is 12.5. The van der Waals surface area contributed by atoms with Gasteiger partial charge in [0.1, 0.15) is 0 Å². The highest BCUT2D eigenvalue weighted by Crippen LogP contribution is 2.20. The number of carbonyl (C=O) groups is 1. The van der Waals surface area contributed by atoms with Gasteiger partial charge in [-0.15, -0.1) is 0 Å². The third-order valence-electron chi connectivity index (χ3n) is 2.80. The van der Waals surface area contributed by atoms with E-state index in [4.69, 9.17) is 4.84 Å². The van der Waals surface area contributed by atoms with Crippen molar-refractivity contribution in [2.24, 2.45) is 0 Å². The minimum atomic E-state index is -0.165. The van der Waals surface area contributed by atoms with E-state index < -0.39 is 0 Å². The summed E-state index contributed by atoms with van der Waals surface area (Å²) in [4.78, 5) is 17.7. The molecule has 0 heterocycles. The smallest absolute Gasteiger partial charge is 0.269 e. The largest absolute Gasteiger partial charge is 0.282 e. The molecule has 0 unspecified atom stereocenters. The Labute approximate surface area is 126 Å². The van der Waals surface area contributed by atoms with Crippen LogP contribution < -0.4 is 5.06 Å². The highest BCUT2D eigenvalue weighted by atomic mass is 127. The van der Waals surface area contributed by atoms with Gasteiger partial charge in [0, 0.05) is 9.13 Å². The number of benzene rings is 2. The molecule has 0 fully saturated rings. The van der Waals surface area contributed by atoms with Gasteiger partial charge in [-0.25, -0.2) is 0 Å². The lowest BCUT2D eigenvalue weighted by atomic mass is 10.1. The monoisotopic (exact) mass is 367 g/mol. The van der Waals surface area contributed by atoms with E-state index in [-0.39, 0.29) is 5.91 Å². The van der Waals surface area contributed by atoms with Crippen molar-refractivity contribution in [2.75, 3.05) is 12.2 Å². The molecule has 2 rings (SSSR count). The van der Waals surface area contributed by atoms with Crippen molar-refractivity contribution < 1.29 is 9.63 Å². The molecule has 2 aromatic carbocycles. The third-order valence-corrected chi connectivity index (χ3v) is 3.52. The van der Waals surface area contributed by atoms with Crippen LogP contribution in [0.15, 0.2) is 48.5 Å². The van der Waals surface area contributed by atoms with E-state index in [2.05, 4.69) is 22.6 Å². The highest BCUT2D eigenvalue weighted by molar-refractivity contribution is 14.1. The van der Waals surface area contributed by atoms with Gasteiger partial charge < -0.3 is 0 Å². The summed E-state index contributed by atoms with van der Waals surface area (Å²) in [6.07, 6.45) is 0. The molecular formula is C15H14INO2. The topological polar surface area (TPSA) is 29.5 Å². The normalized spacial score (nSPS) is 10.3. The molecular weight excluding hydrogens is 353 g/mol. The number of anilines is 1. The first-order chi connectivity index (χ1) is 9.13. The lowest BCUT2D eigenvalue weighted by molar-refractivity contribution is 0.0773. The summed E-state index contributed by atoms with van der Waals surface area (Å²) in [7, 11) is 1.49. The number of carbonyl (C=O) groups excluding carboxylic acids is 1. The van der Waals surface area contributed by atoms with E-state index in [1.165, 1.54) is 12.2 Å². The van der Waals surface area contributed by atoms with Crippen LogP contribution in [0.4, 0.5) is 5.69 Å². The Morgan fingerprint density at radius 3 is 2.32 bits per heavy atom. The number of rotatable bonds is 3. The zero-order valence-corrected chi connectivity index (χ0v) is 12.9. The first kappa shape index (κ1) is 14.0. The number of hydrogen-bond acceptors (Lipinski definition) is 2. The summed E-state index contributed by atoms with van der Waals surface area (Å²) in [6.45, 7) is 1.91. The van der Waals surface area contributed by atoms with Crippen LogP contribution in [0.5, 0.6) is 0 Å². The fourth-order valence-electron chi connectivity index (χ4n) is 1.80. The maximum absolute atomic E-state index is 12.5. The van der Waals surface area contributed by atoms with Crippen LogP contribution in [0.1, 0.15) is 15.9 Å². The van der Waals surface area contributed by atoms with Gasteiger partial charge >= 0.3 is 0 Å². The van der Waals surface area contributed by atoms with E-state index in [9.17, 15) is 4.79 Å². The van der Waals surface area contributed by atoms with Crippen molar-refractivity contribution in [2.45, 2.75) is 6.92 Å². The summed E-state index contributed by atoms with van der Waals surface area (Å²) in [6, 6.07) is 15.1. The van der Waals surface area contributed by atoms with Crippen molar-refractivity contribution in [1.82, 2.24) is 0 Å². The average molecular weight is 367 g/mol. The van der Waals surface area contributed by atoms with Gasteiger partial charge in [-0.1, -0.05) is 18.2 Å². The molecule has 0 aromatic heterocycles. The Bertz CT molecular complexity index is 581. The second-order valence-corrected chi connectivity index (χ2v) is 5.32. The summed E-state index contributed by atoms with van der Waals surface area (Å²) in [5.41, 5.74) is 2.29. The fourth-order valence-corrected chi connectivity index (χ4v) is 2.16. The van der Waals surface area contributed by atoms with Crippen molar-refractivity contribution in [1.29, 1.82) is 0 Å². The molecule has 0 aliphatic rings. The van der Waals surface area contributed by atoms with Gasteiger partial charge in [-0.3, -0.25) is 9.63 Å². The average Bonchev–Trinajstić information content (AvgIpc) is 2.42. The number of amides is 1. The van der Waals surface area contributed by atoms with E-state index >= 15 is 0 Å². The summed E-state index contributed by atoms with van der Waals surface area (Å²) < 4.78 is 1.11. The predicted octanol–water partition coefficient (Wildman–Crippen LogP) is 3.81. The van der Waals surface area contributed by atoms with Crippen LogP contribution in [0.2, 0.25) is 0 Å². The second kappa shape index (κ2) is 6.16.